The molecule has 0 bridgehead atoms. The average molecular weight is 289 g/mol. The van der Waals surface area contributed by atoms with Gasteiger partial charge >= 0.3 is 0 Å². The molecule has 0 amide bonds. The van der Waals surface area contributed by atoms with Crippen LogP contribution in [0.5, 0.6) is 5.75 Å². The van der Waals surface area contributed by atoms with Crippen LogP contribution in [0.1, 0.15) is 22.8 Å². The van der Waals surface area contributed by atoms with Crippen LogP contribution in [0.3, 0.4) is 0 Å². The molecule has 0 aromatic heterocycles. The number of aliphatic hydroxyl groups excluding tert-OH is 1. The molecule has 0 fully saturated rings. The van der Waals surface area contributed by atoms with Gasteiger partial charge in [0, 0.05) is 17.8 Å². The number of anilines is 1. The minimum atomic E-state index is -0.704. The third-order valence-corrected chi connectivity index (χ3v) is 3.40. The average Bonchev–Trinajstić information content (AvgIpc) is 2.48. The summed E-state index contributed by atoms with van der Waals surface area (Å²) in [4.78, 5) is 0. The van der Waals surface area contributed by atoms with Crippen LogP contribution in [0.2, 0.25) is 0 Å². The Kier molecular flexibility index (Phi) is 4.81. The number of rotatable bonds is 5. The molecular weight excluding hydrogens is 269 g/mol. The topological polar surface area (TPSA) is 41.5 Å². The summed E-state index contributed by atoms with van der Waals surface area (Å²) in [5.74, 6) is 0.423. The predicted octanol–water partition coefficient (Wildman–Crippen LogP) is 3.60. The minimum Gasteiger partial charge on any atom is -0.496 e. The highest BCUT2D eigenvalue weighted by atomic mass is 19.1. The molecule has 0 heterocycles. The fraction of sp³-hybridized carbons (Fsp3) is 0.294. The standard InChI is InChI=1S/C17H20FNO2/c1-11-4-7-17(21-3)14(8-11)16(20)10-19-13-5-6-15(18)12(2)9-13/h4-9,16,19-20H,10H2,1-3H3. The lowest BCUT2D eigenvalue weighted by atomic mass is 10.0. The summed E-state index contributed by atoms with van der Waals surface area (Å²) in [5, 5.41) is 13.4. The van der Waals surface area contributed by atoms with E-state index in [4.69, 9.17) is 4.74 Å². The Balaban J connectivity index is 2.09. The number of aryl methyl sites for hydroxylation is 2. The molecule has 1 atom stereocenters. The van der Waals surface area contributed by atoms with Crippen molar-refractivity contribution in [2.75, 3.05) is 19.0 Å². The second-order valence-corrected chi connectivity index (χ2v) is 5.11. The number of hydrogen-bond donors (Lipinski definition) is 2. The van der Waals surface area contributed by atoms with Crippen LogP contribution in [0.25, 0.3) is 0 Å². The number of benzene rings is 2. The van der Waals surface area contributed by atoms with E-state index in [0.29, 0.717) is 17.9 Å². The van der Waals surface area contributed by atoms with Crippen LogP contribution in [-0.4, -0.2) is 18.8 Å². The Morgan fingerprint density at radius 3 is 2.62 bits per heavy atom. The number of methoxy groups -OCH3 is 1. The van der Waals surface area contributed by atoms with Crippen LogP contribution in [-0.2, 0) is 0 Å². The summed E-state index contributed by atoms with van der Waals surface area (Å²) in [6, 6.07) is 10.5. The SMILES string of the molecule is COc1ccc(C)cc1C(O)CNc1ccc(F)c(C)c1. The molecule has 1 unspecified atom stereocenters. The molecule has 0 aliphatic carbocycles. The predicted molar refractivity (Wildman–Crippen MR) is 82.3 cm³/mol. The van der Waals surface area contributed by atoms with Gasteiger partial charge in [-0.1, -0.05) is 11.6 Å². The van der Waals surface area contributed by atoms with Crippen molar-refractivity contribution >= 4 is 5.69 Å². The van der Waals surface area contributed by atoms with E-state index < -0.39 is 6.10 Å². The Hall–Kier alpha value is -2.07. The van der Waals surface area contributed by atoms with Gasteiger partial charge in [0.05, 0.1) is 13.2 Å². The molecule has 2 N–H and O–H groups in total. The third-order valence-electron chi connectivity index (χ3n) is 3.40. The maximum Gasteiger partial charge on any atom is 0.126 e. The van der Waals surface area contributed by atoms with Gasteiger partial charge in [0.25, 0.3) is 0 Å². The highest BCUT2D eigenvalue weighted by molar-refractivity contribution is 5.47. The molecule has 0 saturated heterocycles. The molecule has 21 heavy (non-hydrogen) atoms. The van der Waals surface area contributed by atoms with Crippen molar-refractivity contribution in [1.82, 2.24) is 0 Å². The lowest BCUT2D eigenvalue weighted by molar-refractivity contribution is 0.187. The van der Waals surface area contributed by atoms with E-state index in [2.05, 4.69) is 5.32 Å². The number of halogens is 1. The zero-order valence-electron chi connectivity index (χ0n) is 12.5. The van der Waals surface area contributed by atoms with Crippen molar-refractivity contribution < 1.29 is 14.2 Å². The van der Waals surface area contributed by atoms with Gasteiger partial charge in [-0.25, -0.2) is 4.39 Å². The van der Waals surface area contributed by atoms with Crippen LogP contribution in [0, 0.1) is 19.7 Å². The Morgan fingerprint density at radius 1 is 1.19 bits per heavy atom. The van der Waals surface area contributed by atoms with Crippen LogP contribution in [0.4, 0.5) is 10.1 Å². The van der Waals surface area contributed by atoms with Gasteiger partial charge in [0.2, 0.25) is 0 Å². The van der Waals surface area contributed by atoms with Gasteiger partial charge in [-0.3, -0.25) is 0 Å². The zero-order chi connectivity index (χ0) is 15.4. The first-order chi connectivity index (χ1) is 10.0. The van der Waals surface area contributed by atoms with E-state index in [0.717, 1.165) is 16.8 Å². The van der Waals surface area contributed by atoms with Crippen molar-refractivity contribution in [1.29, 1.82) is 0 Å². The molecular formula is C17H20FNO2. The maximum absolute atomic E-state index is 13.2. The first kappa shape index (κ1) is 15.3. The molecule has 4 heteroatoms. The van der Waals surface area contributed by atoms with Crippen molar-refractivity contribution in [3.63, 3.8) is 0 Å². The normalized spacial score (nSPS) is 12.0. The van der Waals surface area contributed by atoms with E-state index in [1.165, 1.54) is 6.07 Å². The third kappa shape index (κ3) is 3.73. The summed E-state index contributed by atoms with van der Waals surface area (Å²) >= 11 is 0. The van der Waals surface area contributed by atoms with Gasteiger partial charge in [-0.2, -0.15) is 0 Å². The summed E-state index contributed by atoms with van der Waals surface area (Å²) in [7, 11) is 1.58. The van der Waals surface area contributed by atoms with Gasteiger partial charge in [0.1, 0.15) is 11.6 Å². The summed E-state index contributed by atoms with van der Waals surface area (Å²) in [5.41, 5.74) is 3.15. The lowest BCUT2D eigenvalue weighted by Crippen LogP contribution is -2.13. The quantitative estimate of drug-likeness (QED) is 0.883. The van der Waals surface area contributed by atoms with Crippen LogP contribution in [0.15, 0.2) is 36.4 Å². The molecule has 0 aliphatic heterocycles. The molecule has 2 aromatic rings. The van der Waals surface area contributed by atoms with E-state index >= 15 is 0 Å². The minimum absolute atomic E-state index is 0.235. The smallest absolute Gasteiger partial charge is 0.126 e. The molecule has 2 rings (SSSR count). The number of aliphatic hydroxyl groups is 1. The van der Waals surface area contributed by atoms with Crippen molar-refractivity contribution in [3.05, 3.63) is 58.9 Å². The molecule has 112 valence electrons. The summed E-state index contributed by atoms with van der Waals surface area (Å²) < 4.78 is 18.5. The second-order valence-electron chi connectivity index (χ2n) is 5.11. The van der Waals surface area contributed by atoms with Gasteiger partial charge in [-0.05, 0) is 49.7 Å². The largest absolute Gasteiger partial charge is 0.496 e. The summed E-state index contributed by atoms with van der Waals surface area (Å²) in [6.45, 7) is 4.00. The molecule has 0 radical (unpaired) electrons. The van der Waals surface area contributed by atoms with E-state index in [9.17, 15) is 9.50 Å². The lowest BCUT2D eigenvalue weighted by Gasteiger charge is -2.17. The van der Waals surface area contributed by atoms with E-state index in [-0.39, 0.29) is 5.82 Å². The molecule has 0 saturated carbocycles. The van der Waals surface area contributed by atoms with Crippen molar-refractivity contribution in [2.45, 2.75) is 20.0 Å². The Morgan fingerprint density at radius 2 is 1.95 bits per heavy atom. The van der Waals surface area contributed by atoms with E-state index in [1.54, 1.807) is 26.2 Å². The van der Waals surface area contributed by atoms with Crippen LogP contribution >= 0.6 is 0 Å². The second kappa shape index (κ2) is 6.59. The first-order valence-electron chi connectivity index (χ1n) is 6.84. The zero-order valence-corrected chi connectivity index (χ0v) is 12.5. The summed E-state index contributed by atoms with van der Waals surface area (Å²) in [6.07, 6.45) is -0.704. The van der Waals surface area contributed by atoms with Gasteiger partial charge in [0.15, 0.2) is 0 Å². The fourth-order valence-electron chi connectivity index (χ4n) is 2.19. The molecule has 0 aliphatic rings. The highest BCUT2D eigenvalue weighted by Crippen LogP contribution is 2.26. The first-order valence-corrected chi connectivity index (χ1v) is 6.84. The monoisotopic (exact) mass is 289 g/mol. The Labute approximate surface area is 124 Å². The maximum atomic E-state index is 13.2. The van der Waals surface area contributed by atoms with Crippen LogP contribution < -0.4 is 10.1 Å². The van der Waals surface area contributed by atoms with Gasteiger partial charge < -0.3 is 15.2 Å². The molecule has 0 spiro atoms. The molecule has 3 nitrogen and oxygen atoms in total. The highest BCUT2D eigenvalue weighted by Gasteiger charge is 2.13. The van der Waals surface area contributed by atoms with E-state index in [1.807, 2.05) is 25.1 Å². The Bertz CT molecular complexity index is 628. The van der Waals surface area contributed by atoms with Gasteiger partial charge in [-0.15, -0.1) is 0 Å². The van der Waals surface area contributed by atoms with Crippen molar-refractivity contribution in [2.24, 2.45) is 0 Å². The molecule has 2 aromatic carbocycles. The fourth-order valence-corrected chi connectivity index (χ4v) is 2.19. The number of hydrogen-bond acceptors (Lipinski definition) is 3. The number of nitrogens with one attached hydrogen (secondary N) is 1. The van der Waals surface area contributed by atoms with Crippen molar-refractivity contribution in [3.8, 4) is 5.75 Å². The number of ether oxygens (including phenoxy) is 1.